The van der Waals surface area contributed by atoms with Crippen LogP contribution in [0.15, 0.2) is 24.3 Å². The Hall–Kier alpha value is -1.35. The van der Waals surface area contributed by atoms with Gasteiger partial charge in [0.25, 0.3) is 5.91 Å². The molecule has 0 aromatic heterocycles. The molecular formula is C15H21NO2. The highest BCUT2D eigenvalue weighted by Gasteiger charge is 2.28. The Balaban J connectivity index is 2.07. The monoisotopic (exact) mass is 247 g/mol. The van der Waals surface area contributed by atoms with Crippen molar-refractivity contribution >= 4 is 5.91 Å². The van der Waals surface area contributed by atoms with Gasteiger partial charge < -0.3 is 10.4 Å². The molecule has 1 aliphatic carbocycles. The minimum Gasteiger partial charge on any atom is -0.396 e. The van der Waals surface area contributed by atoms with Gasteiger partial charge >= 0.3 is 0 Å². The molecule has 0 saturated heterocycles. The molecule has 2 N–H and O–H groups in total. The molecule has 2 unspecified atom stereocenters. The number of aliphatic hydroxyl groups is 1. The second-order valence-corrected chi connectivity index (χ2v) is 4.96. The Bertz CT molecular complexity index is 417. The first kappa shape index (κ1) is 13.1. The maximum atomic E-state index is 12.2. The average molecular weight is 247 g/mol. The van der Waals surface area contributed by atoms with Gasteiger partial charge in [-0.15, -0.1) is 0 Å². The van der Waals surface area contributed by atoms with Crippen molar-refractivity contribution in [3.05, 3.63) is 35.4 Å². The van der Waals surface area contributed by atoms with Crippen molar-refractivity contribution in [1.82, 2.24) is 5.32 Å². The lowest BCUT2D eigenvalue weighted by Crippen LogP contribution is -2.38. The van der Waals surface area contributed by atoms with E-state index in [2.05, 4.69) is 12.2 Å². The first-order valence-corrected chi connectivity index (χ1v) is 6.76. The van der Waals surface area contributed by atoms with Crippen molar-refractivity contribution in [2.24, 2.45) is 5.92 Å². The Morgan fingerprint density at radius 2 is 2.17 bits per heavy atom. The Morgan fingerprint density at radius 3 is 2.89 bits per heavy atom. The number of carbonyl (C=O) groups is 1. The van der Waals surface area contributed by atoms with Crippen molar-refractivity contribution in [3.63, 3.8) is 0 Å². The van der Waals surface area contributed by atoms with Crippen LogP contribution in [-0.2, 0) is 6.42 Å². The minimum atomic E-state index is -0.00204. The van der Waals surface area contributed by atoms with E-state index >= 15 is 0 Å². The number of benzene rings is 1. The van der Waals surface area contributed by atoms with Gasteiger partial charge in [0.1, 0.15) is 0 Å². The number of aliphatic hydroxyl groups excluding tert-OH is 1. The zero-order chi connectivity index (χ0) is 13.0. The molecule has 18 heavy (non-hydrogen) atoms. The van der Waals surface area contributed by atoms with Crippen molar-refractivity contribution in [1.29, 1.82) is 0 Å². The molecule has 1 amide bonds. The predicted octanol–water partition coefficient (Wildman–Crippen LogP) is 2.14. The summed E-state index contributed by atoms with van der Waals surface area (Å²) in [6, 6.07) is 7.85. The van der Waals surface area contributed by atoms with Crippen LogP contribution in [0.4, 0.5) is 0 Å². The summed E-state index contributed by atoms with van der Waals surface area (Å²) in [6.45, 7) is 2.22. The smallest absolute Gasteiger partial charge is 0.251 e. The molecule has 2 atom stereocenters. The zero-order valence-corrected chi connectivity index (χ0v) is 10.9. The summed E-state index contributed by atoms with van der Waals surface area (Å²) in [7, 11) is 0. The topological polar surface area (TPSA) is 49.3 Å². The van der Waals surface area contributed by atoms with Crippen LogP contribution in [0.1, 0.15) is 42.1 Å². The number of amides is 1. The number of nitrogens with one attached hydrogen (secondary N) is 1. The Kier molecular flexibility index (Phi) is 4.37. The number of aryl methyl sites for hydroxylation is 1. The van der Waals surface area contributed by atoms with Gasteiger partial charge in [-0.05, 0) is 30.9 Å². The summed E-state index contributed by atoms with van der Waals surface area (Å²) in [5.41, 5.74) is 1.84. The third kappa shape index (κ3) is 2.72. The van der Waals surface area contributed by atoms with E-state index in [1.165, 1.54) is 0 Å². The Labute approximate surface area is 108 Å². The van der Waals surface area contributed by atoms with E-state index in [1.807, 2.05) is 24.3 Å². The van der Waals surface area contributed by atoms with Crippen LogP contribution in [0.3, 0.4) is 0 Å². The maximum absolute atomic E-state index is 12.2. The summed E-state index contributed by atoms with van der Waals surface area (Å²) in [5, 5.41) is 12.3. The number of hydrogen-bond acceptors (Lipinski definition) is 2. The lowest BCUT2D eigenvalue weighted by Gasteiger charge is -2.19. The van der Waals surface area contributed by atoms with Crippen molar-refractivity contribution < 1.29 is 9.90 Å². The first-order valence-electron chi connectivity index (χ1n) is 6.76. The van der Waals surface area contributed by atoms with Gasteiger partial charge in [-0.3, -0.25) is 4.79 Å². The van der Waals surface area contributed by atoms with E-state index in [-0.39, 0.29) is 24.5 Å². The molecule has 0 radical (unpaired) electrons. The van der Waals surface area contributed by atoms with Crippen LogP contribution in [0.5, 0.6) is 0 Å². The van der Waals surface area contributed by atoms with Gasteiger partial charge in [-0.25, -0.2) is 0 Å². The fourth-order valence-electron chi connectivity index (χ4n) is 2.74. The highest BCUT2D eigenvalue weighted by atomic mass is 16.3. The molecule has 2 rings (SSSR count). The van der Waals surface area contributed by atoms with Crippen molar-refractivity contribution in [2.75, 3.05) is 6.61 Å². The van der Waals surface area contributed by atoms with Gasteiger partial charge in [-0.1, -0.05) is 31.5 Å². The van der Waals surface area contributed by atoms with Crippen LogP contribution in [0.25, 0.3) is 0 Å². The molecule has 1 fully saturated rings. The standard InChI is InChI=1S/C15H21NO2/c1-2-11-6-3-4-8-13(11)15(18)16-14-9-5-7-12(14)10-17/h3-4,6,8,12,14,17H,2,5,7,9-10H2,1H3,(H,16,18). The van der Waals surface area contributed by atoms with Gasteiger partial charge in [-0.2, -0.15) is 0 Å². The number of rotatable bonds is 4. The van der Waals surface area contributed by atoms with E-state index in [4.69, 9.17) is 0 Å². The van der Waals surface area contributed by atoms with E-state index < -0.39 is 0 Å². The fourth-order valence-corrected chi connectivity index (χ4v) is 2.74. The van der Waals surface area contributed by atoms with Gasteiger partial charge in [0.2, 0.25) is 0 Å². The molecule has 0 heterocycles. The summed E-state index contributed by atoms with van der Waals surface area (Å²) in [5.74, 6) is 0.223. The van der Waals surface area contributed by atoms with Gasteiger partial charge in [0.15, 0.2) is 0 Å². The normalized spacial score (nSPS) is 23.0. The summed E-state index contributed by atoms with van der Waals surface area (Å²) in [6.07, 6.45) is 3.94. The number of hydrogen-bond donors (Lipinski definition) is 2. The molecule has 3 heteroatoms. The lowest BCUT2D eigenvalue weighted by molar-refractivity contribution is 0.0915. The highest BCUT2D eigenvalue weighted by molar-refractivity contribution is 5.95. The minimum absolute atomic E-state index is 0.00204. The largest absolute Gasteiger partial charge is 0.396 e. The molecule has 0 bridgehead atoms. The maximum Gasteiger partial charge on any atom is 0.251 e. The Morgan fingerprint density at radius 1 is 1.39 bits per heavy atom. The lowest BCUT2D eigenvalue weighted by atomic mass is 10.0. The second kappa shape index (κ2) is 6.01. The van der Waals surface area contributed by atoms with Gasteiger partial charge in [0.05, 0.1) is 0 Å². The number of carbonyl (C=O) groups excluding carboxylic acids is 1. The molecule has 1 aromatic rings. The quantitative estimate of drug-likeness (QED) is 0.856. The average Bonchev–Trinajstić information content (AvgIpc) is 2.85. The molecule has 1 aliphatic rings. The predicted molar refractivity (Wildman–Crippen MR) is 71.5 cm³/mol. The SMILES string of the molecule is CCc1ccccc1C(=O)NC1CCCC1CO. The first-order chi connectivity index (χ1) is 8.76. The molecule has 0 aliphatic heterocycles. The molecule has 1 saturated carbocycles. The fraction of sp³-hybridized carbons (Fsp3) is 0.533. The zero-order valence-electron chi connectivity index (χ0n) is 10.9. The van der Waals surface area contributed by atoms with E-state index in [9.17, 15) is 9.90 Å². The summed E-state index contributed by atoms with van der Waals surface area (Å²) in [4.78, 5) is 12.2. The molecule has 3 nitrogen and oxygen atoms in total. The van der Waals surface area contributed by atoms with Crippen LogP contribution >= 0.6 is 0 Å². The van der Waals surface area contributed by atoms with Crippen LogP contribution in [0, 0.1) is 5.92 Å². The molecular weight excluding hydrogens is 226 g/mol. The highest BCUT2D eigenvalue weighted by Crippen LogP contribution is 2.25. The van der Waals surface area contributed by atoms with Crippen LogP contribution in [-0.4, -0.2) is 23.7 Å². The molecule has 0 spiro atoms. The van der Waals surface area contributed by atoms with Crippen molar-refractivity contribution in [2.45, 2.75) is 38.6 Å². The summed E-state index contributed by atoms with van der Waals surface area (Å²) < 4.78 is 0. The van der Waals surface area contributed by atoms with E-state index in [0.717, 1.165) is 36.8 Å². The summed E-state index contributed by atoms with van der Waals surface area (Å²) >= 11 is 0. The van der Waals surface area contributed by atoms with Crippen molar-refractivity contribution in [3.8, 4) is 0 Å². The third-order valence-electron chi connectivity index (χ3n) is 3.85. The third-order valence-corrected chi connectivity index (χ3v) is 3.85. The molecule has 98 valence electrons. The van der Waals surface area contributed by atoms with E-state index in [0.29, 0.717) is 0 Å². The second-order valence-electron chi connectivity index (χ2n) is 4.96. The molecule has 1 aromatic carbocycles. The van der Waals surface area contributed by atoms with E-state index in [1.54, 1.807) is 0 Å². The van der Waals surface area contributed by atoms with Crippen LogP contribution in [0.2, 0.25) is 0 Å². The van der Waals surface area contributed by atoms with Crippen LogP contribution < -0.4 is 5.32 Å². The van der Waals surface area contributed by atoms with Gasteiger partial charge in [0, 0.05) is 24.1 Å².